The maximum absolute atomic E-state index is 12.7. The molecule has 2 aromatic rings. The van der Waals surface area contributed by atoms with E-state index in [9.17, 15) is 18.0 Å². The summed E-state index contributed by atoms with van der Waals surface area (Å²) in [6.07, 6.45) is -3.73. The number of alkyl halides is 3. The van der Waals surface area contributed by atoms with Crippen LogP contribution in [0, 0.1) is 13.8 Å². The number of hydrogen-bond acceptors (Lipinski definition) is 3. The number of hydrogen-bond donors (Lipinski definition) is 0. The van der Waals surface area contributed by atoms with Gasteiger partial charge in [0.15, 0.2) is 0 Å². The first-order chi connectivity index (χ1) is 11.7. The van der Waals surface area contributed by atoms with E-state index < -0.39 is 11.7 Å². The first-order valence-corrected chi connectivity index (χ1v) is 7.80. The summed E-state index contributed by atoms with van der Waals surface area (Å²) in [4.78, 5) is 17.8. The summed E-state index contributed by atoms with van der Waals surface area (Å²) in [5.41, 5.74) is 1.93. The molecule has 132 valence electrons. The van der Waals surface area contributed by atoms with Crippen LogP contribution in [-0.2, 0) is 6.18 Å². The fraction of sp³-hybridized carbons (Fsp3) is 0.333. The van der Waals surface area contributed by atoms with Gasteiger partial charge < -0.3 is 9.64 Å². The lowest BCUT2D eigenvalue weighted by atomic mass is 10.0. The monoisotopic (exact) mass is 350 g/mol. The van der Waals surface area contributed by atoms with Crippen LogP contribution in [0.25, 0.3) is 0 Å². The van der Waals surface area contributed by atoms with Crippen LogP contribution < -0.4 is 4.74 Å². The normalized spacial score (nSPS) is 15.0. The van der Waals surface area contributed by atoms with Crippen molar-refractivity contribution in [2.45, 2.75) is 26.1 Å². The number of carbonyl (C=O) groups excluding carboxylic acids is 1. The van der Waals surface area contributed by atoms with Crippen LogP contribution in [0.1, 0.15) is 27.0 Å². The molecule has 0 atom stereocenters. The molecule has 25 heavy (non-hydrogen) atoms. The highest BCUT2D eigenvalue weighted by atomic mass is 19.4. The SMILES string of the molecule is Cc1ccc(C(=O)N2CC(Oc3cc(C(F)(F)F)ccn3)C2)cc1C. The molecule has 0 aliphatic carbocycles. The van der Waals surface area contributed by atoms with Gasteiger partial charge >= 0.3 is 6.18 Å². The molecule has 0 N–H and O–H groups in total. The third-order valence-corrected chi connectivity index (χ3v) is 4.24. The van der Waals surface area contributed by atoms with Gasteiger partial charge in [0.25, 0.3) is 5.91 Å². The number of halogens is 3. The van der Waals surface area contributed by atoms with Crippen molar-refractivity contribution < 1.29 is 22.7 Å². The number of nitrogens with zero attached hydrogens (tertiary/aromatic N) is 2. The lowest BCUT2D eigenvalue weighted by Gasteiger charge is -2.38. The Morgan fingerprint density at radius 1 is 1.16 bits per heavy atom. The minimum atomic E-state index is -4.44. The zero-order valence-corrected chi connectivity index (χ0v) is 13.8. The van der Waals surface area contributed by atoms with Crippen molar-refractivity contribution in [3.8, 4) is 5.88 Å². The highest BCUT2D eigenvalue weighted by Gasteiger charge is 2.34. The number of likely N-dealkylation sites (tertiary alicyclic amines) is 1. The fourth-order valence-corrected chi connectivity index (χ4v) is 2.56. The number of carbonyl (C=O) groups is 1. The molecule has 1 amide bonds. The predicted octanol–water partition coefficient (Wildman–Crippen LogP) is 3.62. The van der Waals surface area contributed by atoms with Gasteiger partial charge in [-0.05, 0) is 43.2 Å². The molecule has 1 saturated heterocycles. The quantitative estimate of drug-likeness (QED) is 0.849. The van der Waals surface area contributed by atoms with Crippen molar-refractivity contribution in [3.05, 3.63) is 58.8 Å². The first-order valence-electron chi connectivity index (χ1n) is 7.80. The highest BCUT2D eigenvalue weighted by Crippen LogP contribution is 2.31. The largest absolute Gasteiger partial charge is 0.471 e. The zero-order valence-electron chi connectivity index (χ0n) is 13.8. The lowest BCUT2D eigenvalue weighted by Crippen LogP contribution is -2.56. The summed E-state index contributed by atoms with van der Waals surface area (Å²) in [5.74, 6) is -0.196. The van der Waals surface area contributed by atoms with E-state index in [2.05, 4.69) is 4.98 Å². The average molecular weight is 350 g/mol. The van der Waals surface area contributed by atoms with Crippen LogP contribution in [0.2, 0.25) is 0 Å². The second-order valence-electron chi connectivity index (χ2n) is 6.13. The number of aromatic nitrogens is 1. The standard InChI is InChI=1S/C18H17F3N2O2/c1-11-3-4-13(7-12(11)2)17(24)23-9-15(10-23)25-16-8-14(5-6-22-16)18(19,20)21/h3-8,15H,9-10H2,1-2H3. The smallest absolute Gasteiger partial charge is 0.416 e. The Labute approximate surface area is 143 Å². The van der Waals surface area contributed by atoms with Gasteiger partial charge in [-0.3, -0.25) is 4.79 Å². The van der Waals surface area contributed by atoms with Crippen LogP contribution in [0.4, 0.5) is 13.2 Å². The molecule has 1 aliphatic heterocycles. The molecule has 1 aliphatic rings. The summed E-state index contributed by atoms with van der Waals surface area (Å²) in [6.45, 7) is 4.56. The summed E-state index contributed by atoms with van der Waals surface area (Å²) in [5, 5.41) is 0. The van der Waals surface area contributed by atoms with Crippen LogP contribution in [0.15, 0.2) is 36.5 Å². The third-order valence-electron chi connectivity index (χ3n) is 4.24. The van der Waals surface area contributed by atoms with Crippen molar-refractivity contribution >= 4 is 5.91 Å². The molecule has 0 saturated carbocycles. The first kappa shape index (κ1) is 17.3. The van der Waals surface area contributed by atoms with Crippen molar-refractivity contribution in [2.24, 2.45) is 0 Å². The summed E-state index contributed by atoms with van der Waals surface area (Å²) in [7, 11) is 0. The molecular weight excluding hydrogens is 333 g/mol. The third kappa shape index (κ3) is 3.75. The minimum Gasteiger partial charge on any atom is -0.471 e. The Morgan fingerprint density at radius 2 is 1.88 bits per heavy atom. The van der Waals surface area contributed by atoms with Crippen LogP contribution >= 0.6 is 0 Å². The lowest BCUT2D eigenvalue weighted by molar-refractivity contribution is -0.137. The number of aryl methyl sites for hydroxylation is 2. The molecule has 7 heteroatoms. The van der Waals surface area contributed by atoms with Crippen molar-refractivity contribution in [3.63, 3.8) is 0 Å². The molecule has 1 aromatic carbocycles. The zero-order chi connectivity index (χ0) is 18.2. The van der Waals surface area contributed by atoms with Gasteiger partial charge in [0, 0.05) is 17.8 Å². The number of amides is 1. The summed E-state index contributed by atoms with van der Waals surface area (Å²) < 4.78 is 43.5. The Morgan fingerprint density at radius 3 is 2.52 bits per heavy atom. The Hall–Kier alpha value is -2.57. The fourth-order valence-electron chi connectivity index (χ4n) is 2.56. The second kappa shape index (κ2) is 6.38. The van der Waals surface area contributed by atoms with E-state index in [4.69, 9.17) is 4.74 Å². The van der Waals surface area contributed by atoms with Gasteiger partial charge in [0.05, 0.1) is 18.7 Å². The number of ether oxygens (including phenoxy) is 1. The average Bonchev–Trinajstić information content (AvgIpc) is 2.52. The van der Waals surface area contributed by atoms with Crippen molar-refractivity contribution in [2.75, 3.05) is 13.1 Å². The molecule has 0 radical (unpaired) electrons. The molecule has 1 fully saturated rings. The highest BCUT2D eigenvalue weighted by molar-refractivity contribution is 5.95. The van der Waals surface area contributed by atoms with E-state index in [1.165, 1.54) is 0 Å². The molecule has 4 nitrogen and oxygen atoms in total. The second-order valence-corrected chi connectivity index (χ2v) is 6.13. The maximum atomic E-state index is 12.7. The van der Waals surface area contributed by atoms with E-state index in [1.807, 2.05) is 26.0 Å². The molecule has 1 aromatic heterocycles. The van der Waals surface area contributed by atoms with Gasteiger partial charge in [0.2, 0.25) is 5.88 Å². The van der Waals surface area contributed by atoms with Gasteiger partial charge in [-0.25, -0.2) is 4.98 Å². The maximum Gasteiger partial charge on any atom is 0.416 e. The molecule has 0 bridgehead atoms. The minimum absolute atomic E-state index is 0.0851. The van der Waals surface area contributed by atoms with Crippen LogP contribution in [-0.4, -0.2) is 35.0 Å². The molecule has 2 heterocycles. The van der Waals surface area contributed by atoms with E-state index in [0.29, 0.717) is 18.7 Å². The van der Waals surface area contributed by atoms with Gasteiger partial charge in [-0.15, -0.1) is 0 Å². The van der Waals surface area contributed by atoms with E-state index >= 15 is 0 Å². The predicted molar refractivity (Wildman–Crippen MR) is 85.5 cm³/mol. The number of benzene rings is 1. The van der Waals surface area contributed by atoms with Crippen molar-refractivity contribution in [1.82, 2.24) is 9.88 Å². The van der Waals surface area contributed by atoms with Crippen molar-refractivity contribution in [1.29, 1.82) is 0 Å². The molecule has 0 unspecified atom stereocenters. The van der Waals surface area contributed by atoms with Crippen LogP contribution in [0.5, 0.6) is 5.88 Å². The summed E-state index contributed by atoms with van der Waals surface area (Å²) >= 11 is 0. The topological polar surface area (TPSA) is 42.4 Å². The van der Waals surface area contributed by atoms with Gasteiger partial charge in [0.1, 0.15) is 6.10 Å². The van der Waals surface area contributed by atoms with E-state index in [1.54, 1.807) is 11.0 Å². The Balaban J connectivity index is 1.59. The van der Waals surface area contributed by atoms with E-state index in [-0.39, 0.29) is 17.9 Å². The Kier molecular flexibility index (Phi) is 4.41. The van der Waals surface area contributed by atoms with E-state index in [0.717, 1.165) is 29.5 Å². The van der Waals surface area contributed by atoms with Gasteiger partial charge in [-0.1, -0.05) is 6.07 Å². The summed E-state index contributed by atoms with van der Waals surface area (Å²) in [6, 6.07) is 7.26. The molecule has 3 rings (SSSR count). The number of rotatable bonds is 3. The molecule has 0 spiro atoms. The Bertz CT molecular complexity index is 799. The van der Waals surface area contributed by atoms with Gasteiger partial charge in [-0.2, -0.15) is 13.2 Å². The number of pyridine rings is 1. The molecular formula is C18H17F3N2O2. The van der Waals surface area contributed by atoms with Crippen LogP contribution in [0.3, 0.4) is 0 Å².